The van der Waals surface area contributed by atoms with Gasteiger partial charge in [0.15, 0.2) is 5.78 Å². The molecular weight excluding hydrogens is 289 g/mol. The number of halogens is 1. The number of fused-ring (bicyclic) bond motifs is 1. The fourth-order valence-corrected chi connectivity index (χ4v) is 1.68. The van der Waals surface area contributed by atoms with E-state index in [4.69, 9.17) is 0 Å². The molecule has 0 N–H and O–H groups in total. The predicted octanol–water partition coefficient (Wildman–Crippen LogP) is 2.85. The molecule has 3 heteroatoms. The van der Waals surface area contributed by atoms with Crippen LogP contribution < -0.4 is 0 Å². The van der Waals surface area contributed by atoms with Crippen molar-refractivity contribution in [2.24, 2.45) is 0 Å². The van der Waals surface area contributed by atoms with Gasteiger partial charge in [-0.1, -0.05) is 46.9 Å². The molecule has 2 rings (SSSR count). The number of pyridine rings is 1. The highest BCUT2D eigenvalue weighted by atomic mass is 127. The second-order valence-electron chi connectivity index (χ2n) is 2.95. The largest absolute Gasteiger partial charge is 0.292 e. The Bertz CT molecular complexity index is 481. The topological polar surface area (TPSA) is 30.0 Å². The third kappa shape index (κ3) is 1.77. The summed E-state index contributed by atoms with van der Waals surface area (Å²) in [6.07, 6.45) is 0. The van der Waals surface area contributed by atoms with Crippen LogP contribution in [0.3, 0.4) is 0 Å². The van der Waals surface area contributed by atoms with E-state index in [1.165, 1.54) is 0 Å². The molecule has 0 fully saturated rings. The van der Waals surface area contributed by atoms with Crippen LogP contribution in [0, 0.1) is 0 Å². The number of alkyl halides is 1. The standard InChI is InChI=1S/C11H8INO/c12-7-11(14)10-6-5-8-3-1-2-4-9(8)13-10/h1-6H,7H2. The van der Waals surface area contributed by atoms with E-state index in [2.05, 4.69) is 27.6 Å². The number of Topliss-reactive ketones (excluding diaryl/α,β-unsaturated/α-hetero) is 1. The van der Waals surface area contributed by atoms with Crippen molar-refractivity contribution >= 4 is 39.3 Å². The minimum atomic E-state index is 0.0800. The van der Waals surface area contributed by atoms with Gasteiger partial charge in [-0.15, -0.1) is 0 Å². The number of hydrogen-bond donors (Lipinski definition) is 0. The van der Waals surface area contributed by atoms with Gasteiger partial charge in [-0.2, -0.15) is 0 Å². The molecule has 0 saturated heterocycles. The first-order valence-corrected chi connectivity index (χ1v) is 5.79. The first-order valence-electron chi connectivity index (χ1n) is 4.26. The zero-order valence-corrected chi connectivity index (χ0v) is 9.56. The van der Waals surface area contributed by atoms with E-state index in [9.17, 15) is 4.79 Å². The molecule has 0 aliphatic rings. The minimum absolute atomic E-state index is 0.0800. The first-order chi connectivity index (χ1) is 6.81. The van der Waals surface area contributed by atoms with Gasteiger partial charge in [0.1, 0.15) is 5.69 Å². The van der Waals surface area contributed by atoms with Gasteiger partial charge in [-0.05, 0) is 12.1 Å². The maximum Gasteiger partial charge on any atom is 0.190 e. The van der Waals surface area contributed by atoms with E-state index in [0.717, 1.165) is 10.9 Å². The molecule has 0 aliphatic heterocycles. The lowest BCUT2D eigenvalue weighted by Gasteiger charge is -1.99. The fourth-order valence-electron chi connectivity index (χ4n) is 1.29. The lowest BCUT2D eigenvalue weighted by molar-refractivity contribution is 0.102. The van der Waals surface area contributed by atoms with Crippen molar-refractivity contribution in [2.75, 3.05) is 4.43 Å². The Hall–Kier alpha value is -0.970. The molecule has 1 aromatic heterocycles. The zero-order valence-electron chi connectivity index (χ0n) is 7.40. The Labute approximate surface area is 95.5 Å². The number of hydrogen-bond acceptors (Lipinski definition) is 2. The van der Waals surface area contributed by atoms with Crippen molar-refractivity contribution in [2.45, 2.75) is 0 Å². The van der Waals surface area contributed by atoms with Crippen LogP contribution in [0.5, 0.6) is 0 Å². The Morgan fingerprint density at radius 2 is 2.00 bits per heavy atom. The molecule has 0 atom stereocenters. The monoisotopic (exact) mass is 297 g/mol. The smallest absolute Gasteiger partial charge is 0.190 e. The molecule has 1 aromatic carbocycles. The molecule has 0 amide bonds. The number of carbonyl (C=O) groups excluding carboxylic acids is 1. The molecule has 0 saturated carbocycles. The molecule has 14 heavy (non-hydrogen) atoms. The minimum Gasteiger partial charge on any atom is -0.292 e. The molecule has 2 nitrogen and oxygen atoms in total. The average molecular weight is 297 g/mol. The first kappa shape index (κ1) is 9.58. The molecule has 1 heterocycles. The van der Waals surface area contributed by atoms with Crippen molar-refractivity contribution in [1.29, 1.82) is 0 Å². The number of benzene rings is 1. The number of aromatic nitrogens is 1. The summed E-state index contributed by atoms with van der Waals surface area (Å²) >= 11 is 2.05. The van der Waals surface area contributed by atoms with Gasteiger partial charge in [0.2, 0.25) is 0 Å². The van der Waals surface area contributed by atoms with Crippen LogP contribution in [0.25, 0.3) is 10.9 Å². The number of carbonyl (C=O) groups is 1. The van der Waals surface area contributed by atoms with Crippen LogP contribution >= 0.6 is 22.6 Å². The van der Waals surface area contributed by atoms with Crippen molar-refractivity contribution in [3.63, 3.8) is 0 Å². The quantitative estimate of drug-likeness (QED) is 0.485. The van der Waals surface area contributed by atoms with Gasteiger partial charge in [0.25, 0.3) is 0 Å². The van der Waals surface area contributed by atoms with Crippen molar-refractivity contribution in [3.05, 3.63) is 42.1 Å². The van der Waals surface area contributed by atoms with Gasteiger partial charge in [0.05, 0.1) is 9.94 Å². The van der Waals surface area contributed by atoms with E-state index in [1.54, 1.807) is 6.07 Å². The predicted molar refractivity (Wildman–Crippen MR) is 65.0 cm³/mol. The number of para-hydroxylation sites is 1. The molecular formula is C11H8INO. The normalized spacial score (nSPS) is 10.4. The van der Waals surface area contributed by atoms with Crippen LogP contribution in [0.2, 0.25) is 0 Å². The average Bonchev–Trinajstić information content (AvgIpc) is 2.27. The maximum absolute atomic E-state index is 11.4. The SMILES string of the molecule is O=C(CI)c1ccc2ccccc2n1. The van der Waals surface area contributed by atoms with Crippen LogP contribution in [0.4, 0.5) is 0 Å². The molecule has 2 aromatic rings. The summed E-state index contributed by atoms with van der Waals surface area (Å²) in [6, 6.07) is 11.5. The molecule has 0 spiro atoms. The van der Waals surface area contributed by atoms with Crippen LogP contribution in [0.1, 0.15) is 10.5 Å². The summed E-state index contributed by atoms with van der Waals surface area (Å²) in [7, 11) is 0. The number of ketones is 1. The summed E-state index contributed by atoms with van der Waals surface area (Å²) in [6.45, 7) is 0. The molecule has 0 radical (unpaired) electrons. The van der Waals surface area contributed by atoms with Gasteiger partial charge in [-0.3, -0.25) is 4.79 Å². The van der Waals surface area contributed by atoms with Crippen LogP contribution in [0.15, 0.2) is 36.4 Å². The highest BCUT2D eigenvalue weighted by Gasteiger charge is 2.05. The van der Waals surface area contributed by atoms with E-state index in [1.807, 2.05) is 30.3 Å². The third-order valence-corrected chi connectivity index (χ3v) is 2.70. The van der Waals surface area contributed by atoms with Crippen molar-refractivity contribution < 1.29 is 4.79 Å². The molecule has 0 bridgehead atoms. The highest BCUT2D eigenvalue weighted by molar-refractivity contribution is 14.1. The third-order valence-electron chi connectivity index (χ3n) is 2.01. The maximum atomic E-state index is 11.4. The Balaban J connectivity index is 2.56. The summed E-state index contributed by atoms with van der Waals surface area (Å²) in [5.74, 6) is 0.0800. The summed E-state index contributed by atoms with van der Waals surface area (Å²) in [5, 5.41) is 1.07. The lowest BCUT2D eigenvalue weighted by Crippen LogP contribution is -2.02. The van der Waals surface area contributed by atoms with Crippen molar-refractivity contribution in [3.8, 4) is 0 Å². The van der Waals surface area contributed by atoms with Gasteiger partial charge in [-0.25, -0.2) is 4.98 Å². The number of rotatable bonds is 2. The van der Waals surface area contributed by atoms with Crippen LogP contribution in [-0.4, -0.2) is 15.2 Å². The van der Waals surface area contributed by atoms with Gasteiger partial charge >= 0.3 is 0 Å². The Morgan fingerprint density at radius 1 is 1.21 bits per heavy atom. The summed E-state index contributed by atoms with van der Waals surface area (Å²) in [4.78, 5) is 15.7. The van der Waals surface area contributed by atoms with E-state index in [0.29, 0.717) is 10.1 Å². The second kappa shape index (κ2) is 4.04. The molecule has 70 valence electrons. The highest BCUT2D eigenvalue weighted by Crippen LogP contribution is 2.12. The Kier molecular flexibility index (Phi) is 2.77. The second-order valence-corrected chi connectivity index (χ2v) is 3.71. The summed E-state index contributed by atoms with van der Waals surface area (Å²) < 4.78 is 0.475. The number of nitrogens with zero attached hydrogens (tertiary/aromatic N) is 1. The summed E-state index contributed by atoms with van der Waals surface area (Å²) in [5.41, 5.74) is 1.43. The van der Waals surface area contributed by atoms with E-state index in [-0.39, 0.29) is 5.78 Å². The fraction of sp³-hybridized carbons (Fsp3) is 0.0909. The van der Waals surface area contributed by atoms with E-state index >= 15 is 0 Å². The Morgan fingerprint density at radius 3 is 2.79 bits per heavy atom. The van der Waals surface area contributed by atoms with Crippen LogP contribution in [-0.2, 0) is 0 Å². The van der Waals surface area contributed by atoms with E-state index < -0.39 is 0 Å². The van der Waals surface area contributed by atoms with Crippen molar-refractivity contribution in [1.82, 2.24) is 4.98 Å². The van der Waals surface area contributed by atoms with Gasteiger partial charge in [0, 0.05) is 5.39 Å². The lowest BCUT2D eigenvalue weighted by atomic mass is 10.2. The molecule has 0 unspecified atom stereocenters. The molecule has 0 aliphatic carbocycles. The van der Waals surface area contributed by atoms with Gasteiger partial charge < -0.3 is 0 Å². The zero-order chi connectivity index (χ0) is 9.97.